The van der Waals surface area contributed by atoms with Gasteiger partial charge in [0.15, 0.2) is 5.82 Å². The molecule has 0 atom stereocenters. The summed E-state index contributed by atoms with van der Waals surface area (Å²) >= 11 is 1.59. The van der Waals surface area contributed by atoms with Crippen molar-refractivity contribution in [1.82, 2.24) is 24.5 Å². The summed E-state index contributed by atoms with van der Waals surface area (Å²) in [6.45, 7) is 8.65. The summed E-state index contributed by atoms with van der Waals surface area (Å²) in [5.41, 5.74) is 11.0. The Hall–Kier alpha value is -6.01. The summed E-state index contributed by atoms with van der Waals surface area (Å²) in [5.74, 6) is 1.56. The molecule has 0 aliphatic heterocycles. The molecule has 6 nitrogen and oxygen atoms in total. The number of imidazole rings is 1. The molecule has 0 amide bonds. The van der Waals surface area contributed by atoms with Crippen molar-refractivity contribution in [2.45, 2.75) is 33.2 Å². The first kappa shape index (κ1) is 36.6. The summed E-state index contributed by atoms with van der Waals surface area (Å²) in [6.07, 6.45) is 3.77. The number of aromatic hydroxyl groups is 1. The first-order valence-corrected chi connectivity index (χ1v) is 19.5. The van der Waals surface area contributed by atoms with Crippen LogP contribution >= 0.6 is 11.3 Å². The molecule has 0 aliphatic rings. The fourth-order valence-corrected chi connectivity index (χ4v) is 9.01. The average Bonchev–Trinajstić information content (AvgIpc) is 3.81. The minimum atomic E-state index is -0.393. The normalized spacial score (nSPS) is 11.8. The molecule has 8 heteroatoms. The number of phenols is 1. The quantitative estimate of drug-likeness (QED) is 0.174. The number of aryl methyl sites for hydroxylation is 1. The molecule has 0 spiro atoms. The van der Waals surface area contributed by atoms with Crippen LogP contribution in [0.15, 0.2) is 140 Å². The van der Waals surface area contributed by atoms with Crippen molar-refractivity contribution in [3.8, 4) is 62.0 Å². The Morgan fingerprint density at radius 3 is 2.21 bits per heavy atom. The van der Waals surface area contributed by atoms with Crippen molar-refractivity contribution in [3.63, 3.8) is 0 Å². The molecule has 0 fully saturated rings. The van der Waals surface area contributed by atoms with E-state index in [1.807, 2.05) is 67.0 Å². The first-order chi connectivity index (χ1) is 27.2. The van der Waals surface area contributed by atoms with Gasteiger partial charge in [0.1, 0.15) is 11.6 Å². The van der Waals surface area contributed by atoms with E-state index in [0.717, 1.165) is 81.2 Å². The molecule has 57 heavy (non-hydrogen) atoms. The maximum Gasteiger partial charge on any atom is 0.159 e. The van der Waals surface area contributed by atoms with Crippen LogP contribution in [0.25, 0.3) is 98.4 Å². The molecule has 4 heterocycles. The minimum absolute atomic E-state index is 0. The topological polar surface area (TPSA) is 76.7 Å². The molecule has 1 N–H and O–H groups in total. The molecule has 0 saturated heterocycles. The Balaban J connectivity index is 0.00000422. The second kappa shape index (κ2) is 14.2. The number of fused-ring (bicyclic) bond motifs is 6. The average molecular weight is 938 g/mol. The van der Waals surface area contributed by atoms with E-state index in [9.17, 15) is 5.11 Å². The van der Waals surface area contributed by atoms with Crippen LogP contribution in [-0.2, 0) is 26.6 Å². The predicted octanol–water partition coefficient (Wildman–Crippen LogP) is 12.6. The van der Waals surface area contributed by atoms with Crippen LogP contribution in [0.4, 0.5) is 0 Å². The van der Waals surface area contributed by atoms with Gasteiger partial charge in [-0.3, -0.25) is 4.98 Å². The van der Waals surface area contributed by atoms with Crippen molar-refractivity contribution in [2.75, 3.05) is 0 Å². The zero-order valence-electron chi connectivity index (χ0n) is 31.7. The molecule has 280 valence electrons. The van der Waals surface area contributed by atoms with Gasteiger partial charge in [-0.1, -0.05) is 114 Å². The van der Waals surface area contributed by atoms with Crippen molar-refractivity contribution in [1.29, 1.82) is 0 Å². The van der Waals surface area contributed by atoms with Crippen molar-refractivity contribution >= 4 is 53.4 Å². The zero-order chi connectivity index (χ0) is 38.1. The van der Waals surface area contributed by atoms with Gasteiger partial charge in [0.25, 0.3) is 0 Å². The number of benzene rings is 6. The maximum absolute atomic E-state index is 12.3. The Bertz CT molecular complexity index is 3150. The number of thiophene rings is 1. The molecular formula is C49H36N5OPtS-. The monoisotopic (exact) mass is 937 g/mol. The van der Waals surface area contributed by atoms with Gasteiger partial charge in [-0.15, -0.1) is 41.2 Å². The van der Waals surface area contributed by atoms with Crippen LogP contribution in [0.5, 0.6) is 5.75 Å². The SMILES string of the molecule is Cc1ccc(-c2ccnc(-c3[c-]c(-c4cccc5c4nc(-c4c(O)c6ccccc6c6c4sc4cnc(-c7ccccc7)nc46)n5C(C)(C)C)ccc3)c2)cc1.[Pt]. The largest absolute Gasteiger partial charge is 0.506 e. The fourth-order valence-electron chi connectivity index (χ4n) is 7.84. The zero-order valence-corrected chi connectivity index (χ0v) is 34.8. The second-order valence-corrected chi connectivity index (χ2v) is 16.3. The third-order valence-corrected chi connectivity index (χ3v) is 11.6. The molecule has 0 bridgehead atoms. The van der Waals surface area contributed by atoms with Crippen LogP contribution < -0.4 is 0 Å². The number of phenolic OH excluding ortho intramolecular Hbond substituents is 1. The van der Waals surface area contributed by atoms with Gasteiger partial charge in [-0.25, -0.2) is 15.0 Å². The van der Waals surface area contributed by atoms with Gasteiger partial charge in [0.2, 0.25) is 0 Å². The van der Waals surface area contributed by atoms with E-state index >= 15 is 0 Å². The molecular weight excluding hydrogens is 902 g/mol. The summed E-state index contributed by atoms with van der Waals surface area (Å²) in [7, 11) is 0. The Labute approximate surface area is 348 Å². The van der Waals surface area contributed by atoms with E-state index in [-0.39, 0.29) is 26.8 Å². The van der Waals surface area contributed by atoms with Crippen molar-refractivity contribution in [2.24, 2.45) is 0 Å². The number of aromatic nitrogens is 5. The van der Waals surface area contributed by atoms with E-state index in [0.29, 0.717) is 17.2 Å². The van der Waals surface area contributed by atoms with Gasteiger partial charge in [0, 0.05) is 61.0 Å². The first-order valence-electron chi connectivity index (χ1n) is 18.7. The van der Waals surface area contributed by atoms with Gasteiger partial charge >= 0.3 is 0 Å². The third-order valence-electron chi connectivity index (χ3n) is 10.5. The number of hydrogen-bond donors (Lipinski definition) is 1. The number of nitrogens with zero attached hydrogens (tertiary/aromatic N) is 5. The fraction of sp³-hybridized carbons (Fsp3) is 0.102. The van der Waals surface area contributed by atoms with Crippen LogP contribution in [0.2, 0.25) is 0 Å². The third kappa shape index (κ3) is 6.22. The van der Waals surface area contributed by atoms with Gasteiger partial charge in [-0.05, 0) is 56.3 Å². The number of para-hydroxylation sites is 1. The summed E-state index contributed by atoms with van der Waals surface area (Å²) in [4.78, 5) is 20.2. The summed E-state index contributed by atoms with van der Waals surface area (Å²) < 4.78 is 4.13. The van der Waals surface area contributed by atoms with Gasteiger partial charge in [0.05, 0.1) is 31.5 Å². The number of pyridine rings is 1. The predicted molar refractivity (Wildman–Crippen MR) is 231 cm³/mol. The molecule has 10 aromatic rings. The van der Waals surface area contributed by atoms with Crippen LogP contribution in [0, 0.1) is 13.0 Å². The number of hydrogen-bond acceptors (Lipinski definition) is 6. The molecule has 4 aromatic heterocycles. The van der Waals surface area contributed by atoms with E-state index in [4.69, 9.17) is 19.9 Å². The van der Waals surface area contributed by atoms with E-state index < -0.39 is 5.54 Å². The smallest absolute Gasteiger partial charge is 0.159 e. The van der Waals surface area contributed by atoms with E-state index in [2.05, 4.69) is 111 Å². The van der Waals surface area contributed by atoms with E-state index in [1.54, 1.807) is 11.3 Å². The molecule has 10 rings (SSSR count). The second-order valence-electron chi connectivity index (χ2n) is 15.2. The van der Waals surface area contributed by atoms with Crippen LogP contribution in [0.1, 0.15) is 26.3 Å². The maximum atomic E-state index is 12.3. The van der Waals surface area contributed by atoms with Gasteiger partial charge in [-0.2, -0.15) is 0 Å². The molecule has 0 radical (unpaired) electrons. The van der Waals surface area contributed by atoms with E-state index in [1.165, 1.54) is 5.56 Å². The van der Waals surface area contributed by atoms with Crippen molar-refractivity contribution in [3.05, 3.63) is 151 Å². The molecule has 0 saturated carbocycles. The summed E-state index contributed by atoms with van der Waals surface area (Å²) in [5, 5.41) is 15.0. The Morgan fingerprint density at radius 1 is 0.684 bits per heavy atom. The minimum Gasteiger partial charge on any atom is -0.506 e. The molecule has 6 aromatic carbocycles. The Kier molecular flexibility index (Phi) is 9.11. The number of rotatable bonds is 5. The molecule has 0 unspecified atom stereocenters. The van der Waals surface area contributed by atoms with Gasteiger partial charge < -0.3 is 9.67 Å². The standard InChI is InChI=1S/C49H36N5OS.Pt/c1-29-20-22-30(23-21-29)32-24-25-50-38(27-32)34-15-10-14-33(26-34)35-18-11-19-39-43(35)53-48(54(39)49(2,3)4)42-45(55)37-17-9-8-16-36(37)41-44-40(56-46(41)42)28-51-47(52-44)31-12-6-5-7-13-31;/h5-25,27-28,55H,1-4H3;/q-1;. The van der Waals surface area contributed by atoms with Crippen molar-refractivity contribution < 1.29 is 26.2 Å². The summed E-state index contributed by atoms with van der Waals surface area (Å²) in [6, 6.07) is 47.0. The Morgan fingerprint density at radius 2 is 1.42 bits per heavy atom. The van der Waals surface area contributed by atoms with Crippen LogP contribution in [-0.4, -0.2) is 29.6 Å². The molecule has 0 aliphatic carbocycles. The van der Waals surface area contributed by atoms with Crippen LogP contribution in [0.3, 0.4) is 0 Å².